The van der Waals surface area contributed by atoms with Crippen LogP contribution < -0.4 is 5.32 Å². The molecule has 2 rings (SSSR count). The van der Waals surface area contributed by atoms with Gasteiger partial charge in [0.1, 0.15) is 0 Å². The Hall–Kier alpha value is -0.0800. The van der Waals surface area contributed by atoms with E-state index in [9.17, 15) is 0 Å². The summed E-state index contributed by atoms with van der Waals surface area (Å²) in [5.41, 5.74) is 0. The van der Waals surface area contributed by atoms with Crippen molar-refractivity contribution in [3.8, 4) is 0 Å². The highest BCUT2D eigenvalue weighted by atomic mass is 15.1. The van der Waals surface area contributed by atoms with Crippen LogP contribution >= 0.6 is 0 Å². The molecule has 0 radical (unpaired) electrons. The van der Waals surface area contributed by atoms with Crippen LogP contribution in [0.2, 0.25) is 0 Å². The molecule has 2 aliphatic rings. The maximum Gasteiger partial charge on any atom is 0.00193 e. The van der Waals surface area contributed by atoms with Crippen LogP contribution in [0.15, 0.2) is 0 Å². The second kappa shape index (κ2) is 3.75. The molecule has 1 saturated heterocycles. The van der Waals surface area contributed by atoms with Crippen molar-refractivity contribution >= 4 is 0 Å². The van der Waals surface area contributed by atoms with E-state index in [1.54, 1.807) is 0 Å². The van der Waals surface area contributed by atoms with Crippen molar-refractivity contribution in [3.63, 3.8) is 0 Å². The van der Waals surface area contributed by atoms with Gasteiger partial charge in [-0.15, -0.1) is 0 Å². The van der Waals surface area contributed by atoms with Crippen molar-refractivity contribution in [2.45, 2.75) is 19.3 Å². The summed E-state index contributed by atoms with van der Waals surface area (Å²) >= 11 is 0. The monoisotopic (exact) mass is 168 g/mol. The minimum Gasteiger partial charge on any atom is -0.316 e. The van der Waals surface area contributed by atoms with Crippen molar-refractivity contribution in [1.82, 2.24) is 10.2 Å². The van der Waals surface area contributed by atoms with Crippen molar-refractivity contribution in [3.05, 3.63) is 0 Å². The van der Waals surface area contributed by atoms with Crippen molar-refractivity contribution in [2.24, 2.45) is 11.8 Å². The molecule has 0 spiro atoms. The van der Waals surface area contributed by atoms with Gasteiger partial charge in [-0.2, -0.15) is 0 Å². The lowest BCUT2D eigenvalue weighted by Gasteiger charge is -2.19. The lowest BCUT2D eigenvalue weighted by molar-refractivity contribution is 0.275. The highest BCUT2D eigenvalue weighted by Gasteiger charge is 2.24. The summed E-state index contributed by atoms with van der Waals surface area (Å²) in [6.07, 6.45) is 4.34. The van der Waals surface area contributed by atoms with Gasteiger partial charge in [0, 0.05) is 13.1 Å². The van der Waals surface area contributed by atoms with E-state index >= 15 is 0 Å². The second-order valence-corrected chi connectivity index (χ2v) is 4.52. The molecule has 0 aromatic rings. The van der Waals surface area contributed by atoms with E-state index in [1.165, 1.54) is 45.4 Å². The van der Waals surface area contributed by atoms with Crippen molar-refractivity contribution < 1.29 is 0 Å². The summed E-state index contributed by atoms with van der Waals surface area (Å²) < 4.78 is 0. The Morgan fingerprint density at radius 1 is 1.17 bits per heavy atom. The molecule has 1 aliphatic heterocycles. The molecule has 0 aromatic heterocycles. The fraction of sp³-hybridized carbons (Fsp3) is 1.00. The summed E-state index contributed by atoms with van der Waals surface area (Å²) in [4.78, 5) is 2.52. The topological polar surface area (TPSA) is 15.3 Å². The number of hydrogen-bond donors (Lipinski definition) is 1. The maximum atomic E-state index is 3.42. The van der Waals surface area contributed by atoms with Crippen molar-refractivity contribution in [2.75, 3.05) is 33.2 Å². The number of rotatable bonds is 4. The molecule has 1 saturated carbocycles. The predicted molar refractivity (Wildman–Crippen MR) is 51.2 cm³/mol. The molecule has 70 valence electrons. The smallest absolute Gasteiger partial charge is 0.00193 e. The molecule has 0 aromatic carbocycles. The zero-order chi connectivity index (χ0) is 8.39. The minimum atomic E-state index is 0.925. The number of nitrogens with zero attached hydrogens (tertiary/aromatic N) is 1. The third-order valence-electron chi connectivity index (χ3n) is 3.00. The summed E-state index contributed by atoms with van der Waals surface area (Å²) in [7, 11) is 2.27. The van der Waals surface area contributed by atoms with Gasteiger partial charge in [-0.3, -0.25) is 0 Å². The molecule has 2 fully saturated rings. The van der Waals surface area contributed by atoms with Gasteiger partial charge >= 0.3 is 0 Å². The zero-order valence-electron chi connectivity index (χ0n) is 8.05. The van der Waals surface area contributed by atoms with Gasteiger partial charge in [0.25, 0.3) is 0 Å². The molecule has 0 bridgehead atoms. The Kier molecular flexibility index (Phi) is 2.66. The standard InChI is InChI=1S/C10H20N2/c1-12(7-9-2-3-9)8-10-4-5-11-6-10/h9-11H,2-8H2,1H3. The Morgan fingerprint density at radius 3 is 2.50 bits per heavy atom. The highest BCUT2D eigenvalue weighted by Crippen LogP contribution is 2.29. The van der Waals surface area contributed by atoms with Crippen LogP contribution in [0.5, 0.6) is 0 Å². The third kappa shape index (κ3) is 2.46. The molecule has 1 aliphatic carbocycles. The van der Waals surface area contributed by atoms with E-state index in [2.05, 4.69) is 17.3 Å². The molecule has 1 N–H and O–H groups in total. The van der Waals surface area contributed by atoms with Gasteiger partial charge < -0.3 is 10.2 Å². The van der Waals surface area contributed by atoms with Crippen LogP contribution in [0, 0.1) is 11.8 Å². The first-order valence-corrected chi connectivity index (χ1v) is 5.24. The summed E-state index contributed by atoms with van der Waals surface area (Å²) in [5.74, 6) is 1.97. The SMILES string of the molecule is CN(CC1CC1)CC1CCNC1. The van der Waals surface area contributed by atoms with Crippen LogP contribution in [0.25, 0.3) is 0 Å². The molecule has 2 nitrogen and oxygen atoms in total. The van der Waals surface area contributed by atoms with E-state index in [0.29, 0.717) is 0 Å². The van der Waals surface area contributed by atoms with Gasteiger partial charge in [-0.1, -0.05) is 0 Å². The molecule has 12 heavy (non-hydrogen) atoms. The minimum absolute atomic E-state index is 0.925. The second-order valence-electron chi connectivity index (χ2n) is 4.52. The molecule has 2 heteroatoms. The average molecular weight is 168 g/mol. The van der Waals surface area contributed by atoms with E-state index in [1.807, 2.05) is 0 Å². The molecular formula is C10H20N2. The number of hydrogen-bond acceptors (Lipinski definition) is 2. The van der Waals surface area contributed by atoms with Gasteiger partial charge in [0.2, 0.25) is 0 Å². The molecule has 1 unspecified atom stereocenters. The van der Waals surface area contributed by atoms with Crippen LogP contribution in [-0.2, 0) is 0 Å². The van der Waals surface area contributed by atoms with Crippen LogP contribution in [0.1, 0.15) is 19.3 Å². The van der Waals surface area contributed by atoms with Gasteiger partial charge in [0.15, 0.2) is 0 Å². The molecule has 1 heterocycles. The van der Waals surface area contributed by atoms with Gasteiger partial charge in [0.05, 0.1) is 0 Å². The first-order chi connectivity index (χ1) is 5.84. The summed E-state index contributed by atoms with van der Waals surface area (Å²) in [5, 5.41) is 3.42. The first-order valence-electron chi connectivity index (χ1n) is 5.24. The number of nitrogens with one attached hydrogen (secondary N) is 1. The summed E-state index contributed by atoms with van der Waals surface area (Å²) in [6, 6.07) is 0. The maximum absolute atomic E-state index is 3.42. The molecule has 1 atom stereocenters. The third-order valence-corrected chi connectivity index (χ3v) is 3.00. The highest BCUT2D eigenvalue weighted by molar-refractivity contribution is 4.79. The normalized spacial score (nSPS) is 30.0. The Bertz CT molecular complexity index is 137. The Balaban J connectivity index is 1.62. The fourth-order valence-electron chi connectivity index (χ4n) is 2.13. The largest absolute Gasteiger partial charge is 0.316 e. The van der Waals surface area contributed by atoms with Crippen LogP contribution in [0.3, 0.4) is 0 Å². The van der Waals surface area contributed by atoms with E-state index in [0.717, 1.165) is 11.8 Å². The summed E-state index contributed by atoms with van der Waals surface area (Å²) in [6.45, 7) is 5.14. The van der Waals surface area contributed by atoms with Gasteiger partial charge in [-0.05, 0) is 51.2 Å². The van der Waals surface area contributed by atoms with E-state index in [4.69, 9.17) is 0 Å². The fourth-order valence-corrected chi connectivity index (χ4v) is 2.13. The first kappa shape index (κ1) is 8.52. The lowest BCUT2D eigenvalue weighted by Crippen LogP contribution is -2.28. The van der Waals surface area contributed by atoms with Crippen molar-refractivity contribution in [1.29, 1.82) is 0 Å². The Labute approximate surface area is 75.3 Å². The zero-order valence-corrected chi connectivity index (χ0v) is 8.05. The van der Waals surface area contributed by atoms with E-state index in [-0.39, 0.29) is 0 Å². The lowest BCUT2D eigenvalue weighted by atomic mass is 10.1. The predicted octanol–water partition coefficient (Wildman–Crippen LogP) is 0.938. The van der Waals surface area contributed by atoms with Crippen LogP contribution in [-0.4, -0.2) is 38.1 Å². The quantitative estimate of drug-likeness (QED) is 0.672. The van der Waals surface area contributed by atoms with E-state index < -0.39 is 0 Å². The van der Waals surface area contributed by atoms with Gasteiger partial charge in [-0.25, -0.2) is 0 Å². The average Bonchev–Trinajstić information content (AvgIpc) is 2.66. The van der Waals surface area contributed by atoms with Crippen LogP contribution in [0.4, 0.5) is 0 Å². The molecule has 0 amide bonds. The molecular weight excluding hydrogens is 148 g/mol. The Morgan fingerprint density at radius 2 is 1.92 bits per heavy atom.